The van der Waals surface area contributed by atoms with Gasteiger partial charge in [0.2, 0.25) is 0 Å². The van der Waals surface area contributed by atoms with Gasteiger partial charge in [0.1, 0.15) is 12.1 Å². The maximum atomic E-state index is 11.8. The molecule has 90 valence electrons. The van der Waals surface area contributed by atoms with Crippen LogP contribution in [0.4, 0.5) is 0 Å². The number of benzene rings is 1. The average molecular weight is 253 g/mol. The van der Waals surface area contributed by atoms with Crippen molar-refractivity contribution in [2.24, 2.45) is 0 Å². The van der Waals surface area contributed by atoms with Crippen LogP contribution in [-0.2, 0) is 16.5 Å². The summed E-state index contributed by atoms with van der Waals surface area (Å²) >= 11 is 0. The van der Waals surface area contributed by atoms with E-state index in [4.69, 9.17) is 4.18 Å². The molecule has 0 radical (unpaired) electrons. The van der Waals surface area contributed by atoms with Gasteiger partial charge in [0.05, 0.1) is 0 Å². The van der Waals surface area contributed by atoms with Crippen molar-refractivity contribution < 1.29 is 12.6 Å². The summed E-state index contributed by atoms with van der Waals surface area (Å²) < 4.78 is 28.6. The fourth-order valence-corrected chi connectivity index (χ4v) is 2.17. The normalized spacial score (nSPS) is 11.4. The van der Waals surface area contributed by atoms with Gasteiger partial charge in [-0.2, -0.15) is 13.5 Å². The van der Waals surface area contributed by atoms with Crippen LogP contribution in [0.15, 0.2) is 35.7 Å². The van der Waals surface area contributed by atoms with Gasteiger partial charge in [0.25, 0.3) is 5.16 Å². The van der Waals surface area contributed by atoms with E-state index in [1.54, 1.807) is 12.1 Å². The highest BCUT2D eigenvalue weighted by Crippen LogP contribution is 2.21. The summed E-state index contributed by atoms with van der Waals surface area (Å²) in [5.41, 5.74) is 0.815. The maximum Gasteiger partial charge on any atom is 0.374 e. The highest BCUT2D eigenvalue weighted by molar-refractivity contribution is 7.86. The zero-order chi connectivity index (χ0) is 12.3. The van der Waals surface area contributed by atoms with Crippen LogP contribution in [0.5, 0.6) is 5.75 Å². The molecule has 2 rings (SSSR count). The highest BCUT2D eigenvalue weighted by atomic mass is 32.2. The van der Waals surface area contributed by atoms with Crippen molar-refractivity contribution >= 4 is 10.1 Å². The van der Waals surface area contributed by atoms with Gasteiger partial charge in [-0.1, -0.05) is 25.1 Å². The highest BCUT2D eigenvalue weighted by Gasteiger charge is 2.21. The number of aromatic nitrogens is 3. The molecule has 0 spiro atoms. The standard InChI is InChI=1S/C10H11N3O3S/c1-2-8-5-3-4-6-9(8)16-17(14,15)10-11-7-12-13-10/h3-7H,2H2,1H3,(H,11,12,13). The number of hydrogen-bond acceptors (Lipinski definition) is 5. The van der Waals surface area contributed by atoms with Gasteiger partial charge < -0.3 is 4.18 Å². The van der Waals surface area contributed by atoms with E-state index in [9.17, 15) is 8.42 Å². The number of nitrogens with zero attached hydrogens (tertiary/aromatic N) is 2. The monoisotopic (exact) mass is 253 g/mol. The number of hydrogen-bond donors (Lipinski definition) is 1. The van der Waals surface area contributed by atoms with Gasteiger partial charge in [-0.3, -0.25) is 0 Å². The number of aryl methyl sites for hydroxylation is 1. The van der Waals surface area contributed by atoms with Crippen LogP contribution < -0.4 is 4.18 Å². The number of H-pyrrole nitrogens is 1. The Kier molecular flexibility index (Phi) is 3.10. The molecule has 2 aromatic rings. The molecule has 0 aliphatic rings. The fraction of sp³-hybridized carbons (Fsp3) is 0.200. The number of nitrogens with one attached hydrogen (secondary N) is 1. The van der Waals surface area contributed by atoms with E-state index in [2.05, 4.69) is 15.2 Å². The molecule has 6 nitrogen and oxygen atoms in total. The lowest BCUT2D eigenvalue weighted by Gasteiger charge is -2.07. The van der Waals surface area contributed by atoms with Crippen molar-refractivity contribution in [3.05, 3.63) is 36.2 Å². The van der Waals surface area contributed by atoms with Crippen LogP contribution in [0, 0.1) is 0 Å². The minimum absolute atomic E-state index is 0.302. The molecule has 0 fully saturated rings. The molecular formula is C10H11N3O3S. The van der Waals surface area contributed by atoms with Crippen molar-refractivity contribution in [3.8, 4) is 5.75 Å². The van der Waals surface area contributed by atoms with Crippen LogP contribution >= 0.6 is 0 Å². The lowest BCUT2D eigenvalue weighted by molar-refractivity contribution is 0.475. The van der Waals surface area contributed by atoms with Gasteiger partial charge in [-0.15, -0.1) is 0 Å². The van der Waals surface area contributed by atoms with E-state index in [-0.39, 0.29) is 5.16 Å². The first-order valence-electron chi connectivity index (χ1n) is 5.01. The van der Waals surface area contributed by atoms with Gasteiger partial charge in [-0.05, 0) is 18.1 Å². The Labute approximate surface area is 98.8 Å². The smallest absolute Gasteiger partial charge is 0.374 e. The zero-order valence-electron chi connectivity index (χ0n) is 9.12. The van der Waals surface area contributed by atoms with Gasteiger partial charge in [-0.25, -0.2) is 10.1 Å². The average Bonchev–Trinajstić information content (AvgIpc) is 2.83. The SMILES string of the molecule is CCc1ccccc1OS(=O)(=O)c1ncn[nH]1. The third-order valence-electron chi connectivity index (χ3n) is 2.18. The van der Waals surface area contributed by atoms with E-state index < -0.39 is 10.1 Å². The third-order valence-corrected chi connectivity index (χ3v) is 3.25. The lowest BCUT2D eigenvalue weighted by atomic mass is 10.1. The molecule has 0 amide bonds. The largest absolute Gasteiger partial charge is 0.376 e. The first-order valence-corrected chi connectivity index (χ1v) is 6.42. The van der Waals surface area contributed by atoms with Crippen LogP contribution in [-0.4, -0.2) is 23.6 Å². The molecule has 1 N–H and O–H groups in total. The predicted molar refractivity (Wildman–Crippen MR) is 60.0 cm³/mol. The molecule has 0 aliphatic carbocycles. The molecular weight excluding hydrogens is 242 g/mol. The Bertz CT molecular complexity index is 593. The summed E-state index contributed by atoms with van der Waals surface area (Å²) in [6.07, 6.45) is 1.80. The summed E-state index contributed by atoms with van der Waals surface area (Å²) in [7, 11) is -3.93. The first kappa shape index (κ1) is 11.6. The van der Waals surface area contributed by atoms with Crippen LogP contribution in [0.25, 0.3) is 0 Å². The van der Waals surface area contributed by atoms with Gasteiger partial charge >= 0.3 is 10.1 Å². The molecule has 0 bridgehead atoms. The number of para-hydroxylation sites is 1. The Balaban J connectivity index is 2.33. The van der Waals surface area contributed by atoms with Crippen LogP contribution in [0.2, 0.25) is 0 Å². The van der Waals surface area contributed by atoms with Crippen molar-refractivity contribution in [2.75, 3.05) is 0 Å². The van der Waals surface area contributed by atoms with E-state index in [0.717, 1.165) is 11.9 Å². The summed E-state index contributed by atoms with van der Waals surface area (Å²) in [5.74, 6) is 0.311. The van der Waals surface area contributed by atoms with E-state index in [0.29, 0.717) is 12.2 Å². The minimum atomic E-state index is -3.93. The molecule has 1 aromatic carbocycles. The maximum absolute atomic E-state index is 11.8. The molecule has 0 saturated carbocycles. The zero-order valence-corrected chi connectivity index (χ0v) is 9.94. The summed E-state index contributed by atoms with van der Waals surface area (Å²) in [6, 6.07) is 6.95. The second-order valence-electron chi connectivity index (χ2n) is 3.29. The Morgan fingerprint density at radius 2 is 2.12 bits per heavy atom. The third kappa shape index (κ3) is 2.44. The topological polar surface area (TPSA) is 84.9 Å². The Morgan fingerprint density at radius 3 is 2.76 bits per heavy atom. The molecule has 7 heteroatoms. The molecule has 1 aromatic heterocycles. The van der Waals surface area contributed by atoms with E-state index in [1.165, 1.54) is 0 Å². The van der Waals surface area contributed by atoms with Crippen LogP contribution in [0.3, 0.4) is 0 Å². The van der Waals surface area contributed by atoms with E-state index >= 15 is 0 Å². The Hall–Kier alpha value is -1.89. The number of rotatable bonds is 4. The molecule has 0 saturated heterocycles. The predicted octanol–water partition coefficient (Wildman–Crippen LogP) is 1.13. The van der Waals surface area contributed by atoms with Crippen molar-refractivity contribution in [3.63, 3.8) is 0 Å². The minimum Gasteiger partial charge on any atom is -0.376 e. The molecule has 17 heavy (non-hydrogen) atoms. The lowest BCUT2D eigenvalue weighted by Crippen LogP contribution is -2.12. The second-order valence-corrected chi connectivity index (χ2v) is 4.75. The summed E-state index contributed by atoms with van der Waals surface area (Å²) in [5, 5.41) is 5.44. The summed E-state index contributed by atoms with van der Waals surface area (Å²) in [6.45, 7) is 1.92. The number of aromatic amines is 1. The van der Waals surface area contributed by atoms with Crippen molar-refractivity contribution in [2.45, 2.75) is 18.5 Å². The van der Waals surface area contributed by atoms with Crippen molar-refractivity contribution in [1.29, 1.82) is 0 Å². The van der Waals surface area contributed by atoms with Crippen molar-refractivity contribution in [1.82, 2.24) is 15.2 Å². The quantitative estimate of drug-likeness (QED) is 0.826. The molecule has 0 aliphatic heterocycles. The Morgan fingerprint density at radius 1 is 1.35 bits per heavy atom. The first-order chi connectivity index (χ1) is 8.13. The van der Waals surface area contributed by atoms with E-state index in [1.807, 2.05) is 19.1 Å². The summed E-state index contributed by atoms with van der Waals surface area (Å²) in [4.78, 5) is 3.56. The van der Waals surface area contributed by atoms with Gasteiger partial charge in [0, 0.05) is 0 Å². The molecule has 0 unspecified atom stereocenters. The second kappa shape index (κ2) is 4.54. The molecule has 1 heterocycles. The van der Waals surface area contributed by atoms with Gasteiger partial charge in [0.15, 0.2) is 0 Å². The molecule has 0 atom stereocenters. The fourth-order valence-electron chi connectivity index (χ4n) is 1.35. The van der Waals surface area contributed by atoms with Crippen LogP contribution in [0.1, 0.15) is 12.5 Å².